The van der Waals surface area contributed by atoms with Gasteiger partial charge in [0.15, 0.2) is 0 Å². The minimum absolute atomic E-state index is 0.0223. The number of amides is 2. The number of benzene rings is 3. The normalized spacial score (nSPS) is 14.1. The maximum absolute atomic E-state index is 13.2. The van der Waals surface area contributed by atoms with Crippen LogP contribution in [-0.4, -0.2) is 38.2 Å². The van der Waals surface area contributed by atoms with E-state index in [9.17, 15) is 18.0 Å². The van der Waals surface area contributed by atoms with E-state index in [2.05, 4.69) is 10.0 Å². The summed E-state index contributed by atoms with van der Waals surface area (Å²) in [7, 11) is -3.94. The predicted molar refractivity (Wildman–Crippen MR) is 147 cm³/mol. The van der Waals surface area contributed by atoms with Gasteiger partial charge in [0.05, 0.1) is 21.8 Å². The van der Waals surface area contributed by atoms with Gasteiger partial charge in [0.2, 0.25) is 0 Å². The van der Waals surface area contributed by atoms with E-state index < -0.39 is 15.9 Å². The van der Waals surface area contributed by atoms with Gasteiger partial charge in [-0.05, 0) is 75.1 Å². The van der Waals surface area contributed by atoms with Crippen LogP contribution in [0.25, 0.3) is 0 Å². The van der Waals surface area contributed by atoms with Crippen LogP contribution in [0.4, 0.5) is 11.4 Å². The van der Waals surface area contributed by atoms with E-state index in [1.807, 2.05) is 30.9 Å². The fourth-order valence-corrected chi connectivity index (χ4v) is 5.98. The maximum atomic E-state index is 13.2. The van der Waals surface area contributed by atoms with Crippen LogP contribution in [0, 0.1) is 20.8 Å². The number of carbonyl (C=O) groups excluding carboxylic acids is 2. The zero-order chi connectivity index (χ0) is 26.6. The average Bonchev–Trinajstić information content (AvgIpc) is 3.15. The first-order valence-electron chi connectivity index (χ1n) is 12.6. The lowest BCUT2D eigenvalue weighted by molar-refractivity contribution is 0.0762. The number of para-hydroxylation sites is 1. The van der Waals surface area contributed by atoms with E-state index in [4.69, 9.17) is 0 Å². The molecule has 1 saturated heterocycles. The Kier molecular flexibility index (Phi) is 7.97. The van der Waals surface area contributed by atoms with E-state index in [0.29, 0.717) is 35.6 Å². The Morgan fingerprint density at radius 1 is 0.784 bits per heavy atom. The van der Waals surface area contributed by atoms with E-state index in [-0.39, 0.29) is 16.4 Å². The Balaban J connectivity index is 1.58. The van der Waals surface area contributed by atoms with Crippen molar-refractivity contribution in [1.82, 2.24) is 4.90 Å². The van der Waals surface area contributed by atoms with Crippen molar-refractivity contribution in [3.63, 3.8) is 0 Å². The second-order valence-electron chi connectivity index (χ2n) is 9.61. The number of nitrogens with zero attached hydrogens (tertiary/aromatic N) is 1. The number of anilines is 2. The Morgan fingerprint density at radius 3 is 2.19 bits per heavy atom. The molecular weight excluding hydrogens is 486 g/mol. The summed E-state index contributed by atoms with van der Waals surface area (Å²) in [6, 6.07) is 17.0. The van der Waals surface area contributed by atoms with Crippen LogP contribution in [0.2, 0.25) is 0 Å². The molecule has 0 aliphatic carbocycles. The molecule has 0 radical (unpaired) electrons. The van der Waals surface area contributed by atoms with Crippen LogP contribution in [-0.2, 0) is 10.0 Å². The first-order valence-corrected chi connectivity index (χ1v) is 14.0. The zero-order valence-corrected chi connectivity index (χ0v) is 22.3. The fourth-order valence-electron chi connectivity index (χ4n) is 4.58. The van der Waals surface area contributed by atoms with Gasteiger partial charge in [0.25, 0.3) is 21.8 Å². The fraction of sp³-hybridized carbons (Fsp3) is 0.310. The molecule has 1 aliphatic heterocycles. The lowest BCUT2D eigenvalue weighted by Gasteiger charge is -2.22. The first-order chi connectivity index (χ1) is 17.7. The molecular formula is C29H33N3O4S. The predicted octanol–water partition coefficient (Wildman–Crippen LogP) is 5.68. The van der Waals surface area contributed by atoms with Gasteiger partial charge in [0.1, 0.15) is 0 Å². The summed E-state index contributed by atoms with van der Waals surface area (Å²) in [5.41, 5.74) is 3.86. The van der Waals surface area contributed by atoms with Gasteiger partial charge in [-0.1, -0.05) is 48.7 Å². The second kappa shape index (κ2) is 11.2. The molecule has 0 unspecified atom stereocenters. The Morgan fingerprint density at radius 2 is 1.49 bits per heavy atom. The molecule has 0 saturated carbocycles. The van der Waals surface area contributed by atoms with Crippen LogP contribution in [0.3, 0.4) is 0 Å². The Bertz CT molecular complexity index is 1420. The standard InChI is InChI=1S/C29H33N3O4S/c1-20-12-15-25(22(3)18-20)31-37(35,36)27-19-23(14-13-21(27)2)28(33)30-26-11-7-6-10-24(26)29(34)32-16-8-4-5-9-17-32/h6-7,10-15,18-19,31H,4-5,8-9,16-17H2,1-3H3,(H,30,33). The molecule has 2 N–H and O–H groups in total. The molecule has 1 aliphatic rings. The Labute approximate surface area is 218 Å². The lowest BCUT2D eigenvalue weighted by atomic mass is 10.1. The molecule has 7 nitrogen and oxygen atoms in total. The molecule has 1 fully saturated rings. The number of carbonyl (C=O) groups is 2. The third-order valence-corrected chi connectivity index (χ3v) is 8.17. The van der Waals surface area contributed by atoms with Gasteiger partial charge in [-0.25, -0.2) is 8.42 Å². The summed E-state index contributed by atoms with van der Waals surface area (Å²) < 4.78 is 29.1. The van der Waals surface area contributed by atoms with Gasteiger partial charge < -0.3 is 10.2 Å². The second-order valence-corrected chi connectivity index (χ2v) is 11.3. The molecule has 2 amide bonds. The van der Waals surface area contributed by atoms with Crippen molar-refractivity contribution in [3.05, 3.63) is 88.5 Å². The number of hydrogen-bond donors (Lipinski definition) is 2. The highest BCUT2D eigenvalue weighted by molar-refractivity contribution is 7.92. The molecule has 194 valence electrons. The van der Waals surface area contributed by atoms with Crippen LogP contribution >= 0.6 is 0 Å². The third kappa shape index (κ3) is 6.20. The topological polar surface area (TPSA) is 95.6 Å². The SMILES string of the molecule is Cc1ccc(NS(=O)(=O)c2cc(C(=O)Nc3ccccc3C(=O)N3CCCCCC3)ccc2C)c(C)c1. The number of likely N-dealkylation sites (tertiary alicyclic amines) is 1. The number of nitrogens with one attached hydrogen (secondary N) is 2. The van der Waals surface area contributed by atoms with Gasteiger partial charge in [0, 0.05) is 18.7 Å². The van der Waals surface area contributed by atoms with Crippen LogP contribution in [0.15, 0.2) is 65.6 Å². The van der Waals surface area contributed by atoms with Gasteiger partial charge in [-0.3, -0.25) is 14.3 Å². The van der Waals surface area contributed by atoms with Crippen molar-refractivity contribution in [3.8, 4) is 0 Å². The molecule has 8 heteroatoms. The zero-order valence-electron chi connectivity index (χ0n) is 21.5. The minimum Gasteiger partial charge on any atom is -0.339 e. The van der Waals surface area contributed by atoms with Crippen molar-refractivity contribution in [1.29, 1.82) is 0 Å². The van der Waals surface area contributed by atoms with Crippen molar-refractivity contribution in [2.45, 2.75) is 51.3 Å². The summed E-state index contributed by atoms with van der Waals surface area (Å²) in [6.45, 7) is 6.87. The highest BCUT2D eigenvalue weighted by atomic mass is 32.2. The molecule has 0 bridgehead atoms. The monoisotopic (exact) mass is 519 g/mol. The highest BCUT2D eigenvalue weighted by Gasteiger charge is 2.23. The molecule has 3 aromatic carbocycles. The van der Waals surface area contributed by atoms with Crippen molar-refractivity contribution in [2.75, 3.05) is 23.1 Å². The van der Waals surface area contributed by atoms with Gasteiger partial charge in [-0.2, -0.15) is 0 Å². The Hall–Kier alpha value is -3.65. The van der Waals surface area contributed by atoms with Crippen molar-refractivity contribution < 1.29 is 18.0 Å². The average molecular weight is 520 g/mol. The molecule has 0 spiro atoms. The molecule has 4 rings (SSSR count). The number of sulfonamides is 1. The van der Waals surface area contributed by atoms with Crippen LogP contribution in [0.1, 0.15) is 63.1 Å². The van der Waals surface area contributed by atoms with Gasteiger partial charge in [-0.15, -0.1) is 0 Å². The molecule has 1 heterocycles. The summed E-state index contributed by atoms with van der Waals surface area (Å²) >= 11 is 0. The van der Waals surface area contributed by atoms with Crippen LogP contribution in [0.5, 0.6) is 0 Å². The smallest absolute Gasteiger partial charge is 0.262 e. The largest absolute Gasteiger partial charge is 0.339 e. The summed E-state index contributed by atoms with van der Waals surface area (Å²) in [4.78, 5) is 28.3. The molecule has 0 aromatic heterocycles. The molecule has 37 heavy (non-hydrogen) atoms. The minimum atomic E-state index is -3.94. The van der Waals surface area contributed by atoms with Crippen LogP contribution < -0.4 is 10.0 Å². The number of rotatable bonds is 6. The lowest BCUT2D eigenvalue weighted by Crippen LogP contribution is -2.32. The van der Waals surface area contributed by atoms with Crippen molar-refractivity contribution in [2.24, 2.45) is 0 Å². The van der Waals surface area contributed by atoms with E-state index in [1.54, 1.807) is 49.4 Å². The highest BCUT2D eigenvalue weighted by Crippen LogP contribution is 2.25. The number of hydrogen-bond acceptors (Lipinski definition) is 4. The quantitative estimate of drug-likeness (QED) is 0.438. The van der Waals surface area contributed by atoms with E-state index in [0.717, 1.165) is 36.8 Å². The summed E-state index contributed by atoms with van der Waals surface area (Å²) in [5.74, 6) is -0.596. The summed E-state index contributed by atoms with van der Waals surface area (Å²) in [6.07, 6.45) is 4.16. The number of aryl methyl sites for hydroxylation is 3. The van der Waals surface area contributed by atoms with Crippen molar-refractivity contribution >= 4 is 33.2 Å². The van der Waals surface area contributed by atoms with Gasteiger partial charge >= 0.3 is 0 Å². The van der Waals surface area contributed by atoms with E-state index in [1.165, 1.54) is 6.07 Å². The summed E-state index contributed by atoms with van der Waals surface area (Å²) in [5, 5.41) is 2.82. The third-order valence-electron chi connectivity index (χ3n) is 6.67. The first kappa shape index (κ1) is 26.4. The molecule has 0 atom stereocenters. The maximum Gasteiger partial charge on any atom is 0.262 e. The molecule has 3 aromatic rings. The van der Waals surface area contributed by atoms with E-state index >= 15 is 0 Å².